The van der Waals surface area contributed by atoms with Crippen molar-refractivity contribution in [1.29, 1.82) is 0 Å². The molecule has 0 fully saturated rings. The van der Waals surface area contributed by atoms with Gasteiger partial charge in [-0.1, -0.05) is 18.2 Å². The normalized spacial score (nSPS) is 12.9. The molecule has 1 aromatic carbocycles. The predicted molar refractivity (Wildman–Crippen MR) is 65.7 cm³/mol. The first kappa shape index (κ1) is 15.6. The molecule has 2 unspecified atom stereocenters. The summed E-state index contributed by atoms with van der Waals surface area (Å²) in [5.41, 5.74) is 0.165. The van der Waals surface area contributed by atoms with Crippen molar-refractivity contribution in [2.24, 2.45) is 0 Å². The Morgan fingerprint density at radius 3 is 2.05 bits per heavy atom. The number of hydrogen-bond donors (Lipinski definition) is 1. The molecule has 0 aromatic heterocycles. The van der Waals surface area contributed by atoms with Crippen LogP contribution >= 0.6 is 0 Å². The highest BCUT2D eigenvalue weighted by atomic mass is 16.6. The summed E-state index contributed by atoms with van der Waals surface area (Å²) in [6.45, 7) is 0. The fourth-order valence-corrected chi connectivity index (χ4v) is 1.36. The maximum atomic E-state index is 11.8. The average Bonchev–Trinajstić information content (AvgIpc) is 2.50. The highest BCUT2D eigenvalue weighted by Crippen LogP contribution is 2.09. The Morgan fingerprint density at radius 1 is 1.00 bits per heavy atom. The lowest BCUT2D eigenvalue weighted by atomic mass is 10.2. The van der Waals surface area contributed by atoms with Crippen molar-refractivity contribution >= 4 is 17.9 Å². The summed E-state index contributed by atoms with van der Waals surface area (Å²) in [6, 6.07) is 7.81. The molecule has 0 aliphatic carbocycles. The minimum Gasteiger partial charge on any atom is -0.467 e. The summed E-state index contributed by atoms with van der Waals surface area (Å²) >= 11 is 0. The second-order valence-corrected chi connectivity index (χ2v) is 3.68. The minimum absolute atomic E-state index is 0.165. The van der Waals surface area contributed by atoms with Gasteiger partial charge in [0.2, 0.25) is 6.10 Å². The van der Waals surface area contributed by atoms with Crippen molar-refractivity contribution in [1.82, 2.24) is 0 Å². The zero-order valence-electron chi connectivity index (χ0n) is 10.9. The standard InChI is InChI=1S/C13H14O7/c1-18-12(16)9(14)10(13(17)19-2)20-11(15)8-6-4-3-5-7-8/h3-7,9-10,14H,1-2H3. The monoisotopic (exact) mass is 282 g/mol. The zero-order chi connectivity index (χ0) is 15.1. The SMILES string of the molecule is COC(=O)C(O)C(OC(=O)c1ccccc1)C(=O)OC. The van der Waals surface area contributed by atoms with Gasteiger partial charge in [-0.25, -0.2) is 14.4 Å². The number of esters is 3. The van der Waals surface area contributed by atoms with Gasteiger partial charge >= 0.3 is 17.9 Å². The number of methoxy groups -OCH3 is 2. The van der Waals surface area contributed by atoms with Gasteiger partial charge in [-0.15, -0.1) is 0 Å². The van der Waals surface area contributed by atoms with E-state index in [0.717, 1.165) is 14.2 Å². The largest absolute Gasteiger partial charge is 0.467 e. The number of benzene rings is 1. The quantitative estimate of drug-likeness (QED) is 0.595. The molecular formula is C13H14O7. The van der Waals surface area contributed by atoms with Crippen molar-refractivity contribution in [3.05, 3.63) is 35.9 Å². The molecule has 0 spiro atoms. The van der Waals surface area contributed by atoms with E-state index < -0.39 is 30.1 Å². The third-order valence-electron chi connectivity index (χ3n) is 2.41. The van der Waals surface area contributed by atoms with Gasteiger partial charge in [-0.3, -0.25) is 0 Å². The number of ether oxygens (including phenoxy) is 3. The molecule has 1 rings (SSSR count). The molecule has 0 radical (unpaired) electrons. The average molecular weight is 282 g/mol. The summed E-state index contributed by atoms with van der Waals surface area (Å²) in [5, 5.41) is 9.62. The molecule has 1 N–H and O–H groups in total. The molecule has 7 nitrogen and oxygen atoms in total. The summed E-state index contributed by atoms with van der Waals surface area (Å²) < 4.78 is 13.5. The predicted octanol–water partition coefficient (Wildman–Crippen LogP) is -0.0811. The molecule has 20 heavy (non-hydrogen) atoms. The molecule has 1 aromatic rings. The van der Waals surface area contributed by atoms with Crippen molar-refractivity contribution in [3.63, 3.8) is 0 Å². The Balaban J connectivity index is 2.88. The Bertz CT molecular complexity index is 483. The van der Waals surface area contributed by atoms with Crippen LogP contribution in [-0.2, 0) is 23.8 Å². The number of rotatable bonds is 5. The Kier molecular flexibility index (Phi) is 5.67. The van der Waals surface area contributed by atoms with Crippen LogP contribution in [0.2, 0.25) is 0 Å². The van der Waals surface area contributed by atoms with Crippen LogP contribution in [0.4, 0.5) is 0 Å². The van der Waals surface area contributed by atoms with E-state index >= 15 is 0 Å². The van der Waals surface area contributed by atoms with Crippen molar-refractivity contribution in [3.8, 4) is 0 Å². The van der Waals surface area contributed by atoms with Gasteiger partial charge < -0.3 is 19.3 Å². The maximum absolute atomic E-state index is 11.8. The van der Waals surface area contributed by atoms with Crippen LogP contribution in [0, 0.1) is 0 Å². The van der Waals surface area contributed by atoms with E-state index in [9.17, 15) is 19.5 Å². The summed E-state index contributed by atoms with van der Waals surface area (Å²) in [4.78, 5) is 34.5. The Labute approximate surface area is 115 Å². The Hall–Kier alpha value is -2.41. The van der Waals surface area contributed by atoms with Crippen LogP contribution in [-0.4, -0.2) is 49.4 Å². The van der Waals surface area contributed by atoms with E-state index in [-0.39, 0.29) is 5.56 Å². The second-order valence-electron chi connectivity index (χ2n) is 3.68. The van der Waals surface area contributed by atoms with Gasteiger partial charge in [0.1, 0.15) is 0 Å². The van der Waals surface area contributed by atoms with E-state index in [1.165, 1.54) is 12.1 Å². The lowest BCUT2D eigenvalue weighted by Crippen LogP contribution is -2.44. The van der Waals surface area contributed by atoms with Gasteiger partial charge in [0, 0.05) is 0 Å². The van der Waals surface area contributed by atoms with E-state index in [2.05, 4.69) is 9.47 Å². The van der Waals surface area contributed by atoms with Gasteiger partial charge in [0.25, 0.3) is 0 Å². The van der Waals surface area contributed by atoms with E-state index in [0.29, 0.717) is 0 Å². The maximum Gasteiger partial charge on any atom is 0.350 e. The molecule has 0 bridgehead atoms. The number of aliphatic hydroxyl groups is 1. The number of hydrogen-bond acceptors (Lipinski definition) is 7. The molecule has 0 saturated carbocycles. The van der Waals surface area contributed by atoms with Gasteiger partial charge in [0.15, 0.2) is 6.10 Å². The highest BCUT2D eigenvalue weighted by Gasteiger charge is 2.37. The van der Waals surface area contributed by atoms with Crippen molar-refractivity contribution < 1.29 is 33.7 Å². The zero-order valence-corrected chi connectivity index (χ0v) is 10.9. The van der Waals surface area contributed by atoms with Gasteiger partial charge in [-0.2, -0.15) is 0 Å². The van der Waals surface area contributed by atoms with E-state index in [1.807, 2.05) is 0 Å². The first-order valence-electron chi connectivity index (χ1n) is 5.61. The molecule has 2 atom stereocenters. The lowest BCUT2D eigenvalue weighted by molar-refractivity contribution is -0.170. The second kappa shape index (κ2) is 7.25. The fraction of sp³-hybridized carbons (Fsp3) is 0.308. The summed E-state index contributed by atoms with van der Waals surface area (Å²) in [7, 11) is 2.06. The number of carbonyl (C=O) groups is 3. The van der Waals surface area contributed by atoms with E-state index in [4.69, 9.17) is 4.74 Å². The molecule has 7 heteroatoms. The van der Waals surface area contributed by atoms with E-state index in [1.54, 1.807) is 18.2 Å². The molecule has 0 amide bonds. The molecule has 0 aliphatic heterocycles. The van der Waals surface area contributed by atoms with Crippen molar-refractivity contribution in [2.75, 3.05) is 14.2 Å². The Morgan fingerprint density at radius 2 is 1.55 bits per heavy atom. The summed E-state index contributed by atoms with van der Waals surface area (Å²) in [5.74, 6) is -3.04. The molecule has 0 aliphatic rings. The number of carbonyl (C=O) groups excluding carboxylic acids is 3. The molecule has 0 saturated heterocycles. The highest BCUT2D eigenvalue weighted by molar-refractivity contribution is 5.93. The van der Waals surface area contributed by atoms with Crippen molar-refractivity contribution in [2.45, 2.75) is 12.2 Å². The minimum atomic E-state index is -1.96. The number of aliphatic hydroxyl groups excluding tert-OH is 1. The van der Waals surface area contributed by atoms with Crippen LogP contribution in [0.3, 0.4) is 0 Å². The van der Waals surface area contributed by atoms with Crippen LogP contribution in [0.15, 0.2) is 30.3 Å². The topological polar surface area (TPSA) is 99.1 Å². The van der Waals surface area contributed by atoms with Gasteiger partial charge in [-0.05, 0) is 12.1 Å². The fourth-order valence-electron chi connectivity index (χ4n) is 1.36. The lowest BCUT2D eigenvalue weighted by Gasteiger charge is -2.19. The molecule has 108 valence electrons. The molecule has 0 heterocycles. The van der Waals surface area contributed by atoms with Gasteiger partial charge in [0.05, 0.1) is 19.8 Å². The molecular weight excluding hydrogens is 268 g/mol. The van der Waals surface area contributed by atoms with Crippen LogP contribution in [0.25, 0.3) is 0 Å². The first-order valence-corrected chi connectivity index (χ1v) is 5.61. The smallest absolute Gasteiger partial charge is 0.350 e. The third kappa shape index (κ3) is 3.79. The first-order chi connectivity index (χ1) is 9.51. The van der Waals surface area contributed by atoms with Crippen LogP contribution in [0.1, 0.15) is 10.4 Å². The van der Waals surface area contributed by atoms with Crippen LogP contribution in [0.5, 0.6) is 0 Å². The third-order valence-corrected chi connectivity index (χ3v) is 2.41. The summed E-state index contributed by atoms with van der Waals surface area (Å²) in [6.07, 6.45) is -3.75. The van der Waals surface area contributed by atoms with Crippen LogP contribution < -0.4 is 0 Å².